The first-order valence-electron chi connectivity index (χ1n) is 7.66. The van der Waals surface area contributed by atoms with E-state index in [1.54, 1.807) is 37.3 Å². The molecule has 2 heterocycles. The number of carbonyl (C=O) groups excluding carboxylic acids is 3. The molecule has 0 aliphatic carbocycles. The van der Waals surface area contributed by atoms with Crippen molar-refractivity contribution in [3.05, 3.63) is 57.3 Å². The van der Waals surface area contributed by atoms with Gasteiger partial charge in [0.15, 0.2) is 0 Å². The second kappa shape index (κ2) is 7.76. The van der Waals surface area contributed by atoms with Crippen LogP contribution in [0.1, 0.15) is 21.8 Å². The standard InChI is InChI=1S/C17H14ClN3O4S/c1-10-8-13(25-20-10)15(22)19-6-7-21-16(23)14(26-17(21)24)9-11-2-4-12(18)5-3-11/h2-5,8-9H,6-7H2,1H3,(H,19,22)/b14-9+. The largest absolute Gasteiger partial charge is 0.351 e. The van der Waals surface area contributed by atoms with Gasteiger partial charge in [0, 0.05) is 24.2 Å². The number of nitrogens with zero attached hydrogens (tertiary/aromatic N) is 2. The van der Waals surface area contributed by atoms with Gasteiger partial charge in [-0.1, -0.05) is 28.9 Å². The molecule has 0 saturated carbocycles. The summed E-state index contributed by atoms with van der Waals surface area (Å²) in [6, 6.07) is 8.44. The van der Waals surface area contributed by atoms with Crippen molar-refractivity contribution in [2.24, 2.45) is 0 Å². The Morgan fingerprint density at radius 1 is 1.35 bits per heavy atom. The van der Waals surface area contributed by atoms with Crippen LogP contribution in [0.2, 0.25) is 5.02 Å². The van der Waals surface area contributed by atoms with Crippen molar-refractivity contribution < 1.29 is 18.9 Å². The minimum atomic E-state index is -0.450. The van der Waals surface area contributed by atoms with E-state index in [0.717, 1.165) is 22.2 Å². The molecule has 0 bridgehead atoms. The molecular weight excluding hydrogens is 378 g/mol. The zero-order valence-electron chi connectivity index (χ0n) is 13.7. The monoisotopic (exact) mass is 391 g/mol. The normalized spacial score (nSPS) is 15.8. The van der Waals surface area contributed by atoms with E-state index in [-0.39, 0.29) is 30.0 Å². The predicted octanol–water partition coefficient (Wildman–Crippen LogP) is 3.10. The van der Waals surface area contributed by atoms with Gasteiger partial charge in [-0.3, -0.25) is 19.3 Å². The summed E-state index contributed by atoms with van der Waals surface area (Å²) in [5.74, 6) is -0.756. The summed E-state index contributed by atoms with van der Waals surface area (Å²) in [7, 11) is 0. The highest BCUT2D eigenvalue weighted by Crippen LogP contribution is 2.32. The fourth-order valence-corrected chi connectivity index (χ4v) is 3.23. The predicted molar refractivity (Wildman–Crippen MR) is 97.7 cm³/mol. The number of imide groups is 1. The topological polar surface area (TPSA) is 92.5 Å². The van der Waals surface area contributed by atoms with Crippen molar-refractivity contribution in [3.63, 3.8) is 0 Å². The lowest BCUT2D eigenvalue weighted by atomic mass is 10.2. The van der Waals surface area contributed by atoms with Crippen LogP contribution in [0.3, 0.4) is 0 Å². The number of hydrogen-bond donors (Lipinski definition) is 1. The molecule has 1 saturated heterocycles. The number of amides is 3. The van der Waals surface area contributed by atoms with Gasteiger partial charge < -0.3 is 9.84 Å². The molecule has 0 radical (unpaired) electrons. The van der Waals surface area contributed by atoms with Crippen molar-refractivity contribution in [1.82, 2.24) is 15.4 Å². The van der Waals surface area contributed by atoms with E-state index < -0.39 is 5.91 Å². The third-order valence-electron chi connectivity index (χ3n) is 3.51. The quantitative estimate of drug-likeness (QED) is 0.787. The summed E-state index contributed by atoms with van der Waals surface area (Å²) in [4.78, 5) is 37.7. The van der Waals surface area contributed by atoms with Gasteiger partial charge in [0.05, 0.1) is 10.6 Å². The Morgan fingerprint density at radius 3 is 2.73 bits per heavy atom. The number of halogens is 1. The fourth-order valence-electron chi connectivity index (χ4n) is 2.24. The first-order chi connectivity index (χ1) is 12.4. The van der Waals surface area contributed by atoms with Gasteiger partial charge in [-0.05, 0) is 42.5 Å². The molecule has 0 unspecified atom stereocenters. The second-order valence-corrected chi connectivity index (χ2v) is 6.90. The van der Waals surface area contributed by atoms with E-state index in [9.17, 15) is 14.4 Å². The van der Waals surface area contributed by atoms with Crippen LogP contribution in [-0.4, -0.2) is 40.2 Å². The van der Waals surface area contributed by atoms with Gasteiger partial charge in [0.1, 0.15) is 0 Å². The van der Waals surface area contributed by atoms with Gasteiger partial charge >= 0.3 is 0 Å². The van der Waals surface area contributed by atoms with Crippen LogP contribution < -0.4 is 5.32 Å². The average Bonchev–Trinajstić information content (AvgIpc) is 3.15. The highest BCUT2D eigenvalue weighted by atomic mass is 35.5. The van der Waals surface area contributed by atoms with E-state index in [4.69, 9.17) is 16.1 Å². The smallest absolute Gasteiger partial charge is 0.293 e. The van der Waals surface area contributed by atoms with E-state index in [0.29, 0.717) is 15.6 Å². The van der Waals surface area contributed by atoms with E-state index in [1.807, 2.05) is 0 Å². The summed E-state index contributed by atoms with van der Waals surface area (Å²) < 4.78 is 4.85. The number of aryl methyl sites for hydroxylation is 1. The van der Waals surface area contributed by atoms with Crippen molar-refractivity contribution in [1.29, 1.82) is 0 Å². The molecule has 2 aromatic rings. The maximum atomic E-state index is 12.4. The number of aromatic nitrogens is 1. The van der Waals surface area contributed by atoms with Gasteiger partial charge in [-0.15, -0.1) is 0 Å². The van der Waals surface area contributed by atoms with Crippen molar-refractivity contribution >= 4 is 46.5 Å². The molecule has 3 rings (SSSR count). The Bertz CT molecular complexity index is 892. The molecule has 1 aliphatic heterocycles. The van der Waals surface area contributed by atoms with E-state index in [1.165, 1.54) is 6.07 Å². The van der Waals surface area contributed by atoms with Crippen molar-refractivity contribution in [3.8, 4) is 0 Å². The minimum Gasteiger partial charge on any atom is -0.351 e. The zero-order chi connectivity index (χ0) is 18.7. The third-order valence-corrected chi connectivity index (χ3v) is 4.67. The Balaban J connectivity index is 1.58. The number of hydrogen-bond acceptors (Lipinski definition) is 6. The van der Waals surface area contributed by atoms with Crippen LogP contribution in [0.5, 0.6) is 0 Å². The molecule has 3 amide bonds. The van der Waals surface area contributed by atoms with Crippen LogP contribution in [-0.2, 0) is 4.79 Å². The van der Waals surface area contributed by atoms with Crippen LogP contribution >= 0.6 is 23.4 Å². The highest BCUT2D eigenvalue weighted by Gasteiger charge is 2.34. The number of thioether (sulfide) groups is 1. The van der Waals surface area contributed by atoms with Gasteiger partial charge in [-0.2, -0.15) is 0 Å². The Kier molecular flexibility index (Phi) is 5.43. The summed E-state index contributed by atoms with van der Waals surface area (Å²) in [5, 5.41) is 6.43. The molecule has 26 heavy (non-hydrogen) atoms. The summed E-state index contributed by atoms with van der Waals surface area (Å²) in [5.41, 5.74) is 1.36. The van der Waals surface area contributed by atoms with Crippen LogP contribution in [0.15, 0.2) is 39.8 Å². The fraction of sp³-hybridized carbons (Fsp3) is 0.176. The molecule has 1 aromatic carbocycles. The minimum absolute atomic E-state index is 0.0709. The maximum absolute atomic E-state index is 12.4. The molecule has 1 aromatic heterocycles. The lowest BCUT2D eigenvalue weighted by Crippen LogP contribution is -2.37. The molecule has 0 spiro atoms. The Morgan fingerprint density at radius 2 is 2.08 bits per heavy atom. The van der Waals surface area contributed by atoms with Gasteiger partial charge in [0.25, 0.3) is 17.1 Å². The number of benzene rings is 1. The molecule has 134 valence electrons. The Hall–Kier alpha value is -2.58. The SMILES string of the molecule is Cc1cc(C(=O)NCCN2C(=O)S/C(=C/c3ccc(Cl)cc3)C2=O)on1. The summed E-state index contributed by atoms with van der Waals surface area (Å²) >= 11 is 6.70. The Labute approximate surface area is 158 Å². The molecule has 9 heteroatoms. The average molecular weight is 392 g/mol. The number of rotatable bonds is 5. The molecule has 7 nitrogen and oxygen atoms in total. The van der Waals surface area contributed by atoms with Crippen LogP contribution in [0.4, 0.5) is 4.79 Å². The highest BCUT2D eigenvalue weighted by molar-refractivity contribution is 8.18. The molecule has 1 aliphatic rings. The summed E-state index contributed by atoms with van der Waals surface area (Å²) in [6.45, 7) is 1.89. The lowest BCUT2D eigenvalue weighted by Gasteiger charge is -2.12. The number of carbonyl (C=O) groups is 3. The van der Waals surface area contributed by atoms with E-state index >= 15 is 0 Å². The van der Waals surface area contributed by atoms with Crippen LogP contribution in [0, 0.1) is 6.92 Å². The van der Waals surface area contributed by atoms with Crippen molar-refractivity contribution in [2.45, 2.75) is 6.92 Å². The third kappa shape index (κ3) is 4.14. The molecular formula is C17H14ClN3O4S. The molecule has 1 fully saturated rings. The first kappa shape index (κ1) is 18.2. The van der Waals surface area contributed by atoms with E-state index in [2.05, 4.69) is 10.5 Å². The van der Waals surface area contributed by atoms with Gasteiger partial charge in [0.2, 0.25) is 5.76 Å². The molecule has 0 atom stereocenters. The zero-order valence-corrected chi connectivity index (χ0v) is 15.3. The lowest BCUT2D eigenvalue weighted by molar-refractivity contribution is -0.122. The van der Waals surface area contributed by atoms with Gasteiger partial charge in [-0.25, -0.2) is 0 Å². The summed E-state index contributed by atoms with van der Waals surface area (Å²) in [6.07, 6.45) is 1.64. The maximum Gasteiger partial charge on any atom is 0.293 e. The second-order valence-electron chi connectivity index (χ2n) is 5.47. The van der Waals surface area contributed by atoms with Crippen LogP contribution in [0.25, 0.3) is 6.08 Å². The van der Waals surface area contributed by atoms with Crippen molar-refractivity contribution in [2.75, 3.05) is 13.1 Å². The first-order valence-corrected chi connectivity index (χ1v) is 8.86. The number of nitrogens with one attached hydrogen (secondary N) is 1. The molecule has 1 N–H and O–H groups in total.